The van der Waals surface area contributed by atoms with Crippen molar-refractivity contribution in [3.05, 3.63) is 34.9 Å². The number of nitrogens with zero attached hydrogens (tertiary/aromatic N) is 1. The van der Waals surface area contributed by atoms with E-state index in [1.165, 1.54) is 19.5 Å². The largest absolute Gasteiger partial charge is 0.298 e. The maximum absolute atomic E-state index is 2.59. The topological polar surface area (TPSA) is 3.24 Å². The molecule has 0 aromatic heterocycles. The lowest BCUT2D eigenvalue weighted by Gasteiger charge is -2.31. The molecule has 0 radical (unpaired) electrons. The molecule has 0 unspecified atom stereocenters. The maximum atomic E-state index is 2.59. The number of benzene rings is 1. The molecule has 1 aliphatic heterocycles. The van der Waals surface area contributed by atoms with Gasteiger partial charge in [-0.1, -0.05) is 45.9 Å². The molecule has 0 aliphatic carbocycles. The van der Waals surface area contributed by atoms with Crippen LogP contribution in [0, 0.1) is 5.92 Å². The molecular weight excluding hydrogens is 206 g/mol. The molecule has 0 atom stereocenters. The first-order valence-electron chi connectivity index (χ1n) is 6.91. The van der Waals surface area contributed by atoms with Crippen molar-refractivity contribution in [3.63, 3.8) is 0 Å². The Morgan fingerprint density at radius 3 is 2.59 bits per heavy atom. The first-order chi connectivity index (χ1) is 8.08. The molecule has 1 aliphatic rings. The third-order valence-corrected chi connectivity index (χ3v) is 3.63. The van der Waals surface area contributed by atoms with Crippen molar-refractivity contribution in [1.82, 2.24) is 4.90 Å². The van der Waals surface area contributed by atoms with Crippen molar-refractivity contribution < 1.29 is 0 Å². The summed E-state index contributed by atoms with van der Waals surface area (Å²) in [5.74, 6) is 1.42. The van der Waals surface area contributed by atoms with Gasteiger partial charge in [-0.15, -0.1) is 0 Å². The van der Waals surface area contributed by atoms with Crippen LogP contribution in [0.3, 0.4) is 0 Å². The van der Waals surface area contributed by atoms with Crippen LogP contribution in [-0.2, 0) is 13.0 Å². The van der Waals surface area contributed by atoms with Gasteiger partial charge >= 0.3 is 0 Å². The van der Waals surface area contributed by atoms with Crippen LogP contribution >= 0.6 is 0 Å². The summed E-state index contributed by atoms with van der Waals surface area (Å²) in [6.07, 6.45) is 1.23. The molecule has 0 spiro atoms. The second-order valence-electron chi connectivity index (χ2n) is 6.02. The van der Waals surface area contributed by atoms with Gasteiger partial charge in [0.25, 0.3) is 0 Å². The summed E-state index contributed by atoms with van der Waals surface area (Å²) in [5.41, 5.74) is 4.75. The number of fused-ring (bicyclic) bond motifs is 1. The first kappa shape index (κ1) is 12.6. The van der Waals surface area contributed by atoms with E-state index in [9.17, 15) is 0 Å². The van der Waals surface area contributed by atoms with Gasteiger partial charge in [0.05, 0.1) is 0 Å². The average molecular weight is 231 g/mol. The van der Waals surface area contributed by atoms with E-state index in [4.69, 9.17) is 0 Å². The van der Waals surface area contributed by atoms with Gasteiger partial charge in [0.15, 0.2) is 0 Å². The van der Waals surface area contributed by atoms with E-state index in [2.05, 4.69) is 50.8 Å². The van der Waals surface area contributed by atoms with Gasteiger partial charge in [0.2, 0.25) is 0 Å². The van der Waals surface area contributed by atoms with Crippen LogP contribution in [0.1, 0.15) is 50.3 Å². The minimum Gasteiger partial charge on any atom is -0.298 e. The van der Waals surface area contributed by atoms with Gasteiger partial charge in [0, 0.05) is 19.6 Å². The van der Waals surface area contributed by atoms with Crippen molar-refractivity contribution in [2.24, 2.45) is 5.92 Å². The molecule has 1 heterocycles. The third kappa shape index (κ3) is 2.90. The predicted octanol–water partition coefficient (Wildman–Crippen LogP) is 3.82. The van der Waals surface area contributed by atoms with Gasteiger partial charge in [-0.3, -0.25) is 4.90 Å². The quantitative estimate of drug-likeness (QED) is 0.764. The highest BCUT2D eigenvalue weighted by molar-refractivity contribution is 5.38. The zero-order valence-corrected chi connectivity index (χ0v) is 11.7. The second kappa shape index (κ2) is 5.22. The Morgan fingerprint density at radius 2 is 1.94 bits per heavy atom. The Kier molecular flexibility index (Phi) is 3.88. The molecular formula is C16H25N. The van der Waals surface area contributed by atoms with Crippen LogP contribution in [0.5, 0.6) is 0 Å². The van der Waals surface area contributed by atoms with Crippen molar-refractivity contribution >= 4 is 0 Å². The van der Waals surface area contributed by atoms with Crippen LogP contribution in [0.4, 0.5) is 0 Å². The molecule has 0 bridgehead atoms. The summed E-state index contributed by atoms with van der Waals surface area (Å²) in [5, 5.41) is 0. The van der Waals surface area contributed by atoms with Gasteiger partial charge in [-0.05, 0) is 34.9 Å². The Labute approximate surface area is 106 Å². The van der Waals surface area contributed by atoms with Crippen LogP contribution in [0.15, 0.2) is 18.2 Å². The summed E-state index contributed by atoms with van der Waals surface area (Å²) in [6.45, 7) is 12.8. The van der Waals surface area contributed by atoms with Crippen molar-refractivity contribution in [3.8, 4) is 0 Å². The molecule has 0 saturated heterocycles. The molecule has 17 heavy (non-hydrogen) atoms. The second-order valence-corrected chi connectivity index (χ2v) is 6.02. The fraction of sp³-hybridized carbons (Fsp3) is 0.625. The summed E-state index contributed by atoms with van der Waals surface area (Å²) in [7, 11) is 0. The van der Waals surface area contributed by atoms with Crippen LogP contribution in [0.25, 0.3) is 0 Å². The van der Waals surface area contributed by atoms with E-state index in [1.807, 2.05) is 0 Å². The van der Waals surface area contributed by atoms with E-state index in [1.54, 1.807) is 16.7 Å². The Balaban J connectivity index is 2.19. The molecule has 2 rings (SSSR count). The van der Waals surface area contributed by atoms with Crippen molar-refractivity contribution in [1.29, 1.82) is 0 Å². The minimum atomic E-state index is 0.654. The maximum Gasteiger partial charge on any atom is 0.0236 e. The normalized spacial score (nSPS) is 16.6. The lowest BCUT2D eigenvalue weighted by atomic mass is 9.89. The molecule has 0 fully saturated rings. The summed E-state index contributed by atoms with van der Waals surface area (Å²) >= 11 is 0. The Bertz CT molecular complexity index is 379. The van der Waals surface area contributed by atoms with Crippen molar-refractivity contribution in [2.45, 2.75) is 46.6 Å². The summed E-state index contributed by atoms with van der Waals surface area (Å²) < 4.78 is 0. The van der Waals surface area contributed by atoms with E-state index in [0.29, 0.717) is 5.92 Å². The van der Waals surface area contributed by atoms with Gasteiger partial charge < -0.3 is 0 Å². The lowest BCUT2D eigenvalue weighted by Crippen LogP contribution is -2.33. The highest BCUT2D eigenvalue weighted by Crippen LogP contribution is 2.27. The zero-order chi connectivity index (χ0) is 12.4. The molecule has 1 aromatic rings. The molecule has 94 valence electrons. The van der Waals surface area contributed by atoms with Crippen LogP contribution in [0.2, 0.25) is 0 Å². The number of rotatable bonds is 3. The third-order valence-electron chi connectivity index (χ3n) is 3.63. The highest BCUT2D eigenvalue weighted by atomic mass is 15.1. The van der Waals surface area contributed by atoms with Gasteiger partial charge in [0.1, 0.15) is 0 Å². The molecule has 1 nitrogen and oxygen atoms in total. The lowest BCUT2D eigenvalue weighted by molar-refractivity contribution is 0.226. The molecule has 0 amide bonds. The highest BCUT2D eigenvalue weighted by Gasteiger charge is 2.19. The monoisotopic (exact) mass is 231 g/mol. The van der Waals surface area contributed by atoms with E-state index < -0.39 is 0 Å². The fourth-order valence-corrected chi connectivity index (χ4v) is 2.91. The average Bonchev–Trinajstić information content (AvgIpc) is 2.26. The Hall–Kier alpha value is -0.820. The summed E-state index contributed by atoms with van der Waals surface area (Å²) in [6, 6.07) is 6.85. The smallest absolute Gasteiger partial charge is 0.0236 e. The van der Waals surface area contributed by atoms with E-state index in [-0.39, 0.29) is 0 Å². The molecule has 1 heteroatoms. The molecule has 0 saturated carbocycles. The van der Waals surface area contributed by atoms with Gasteiger partial charge in [-0.2, -0.15) is 0 Å². The predicted molar refractivity (Wildman–Crippen MR) is 74.4 cm³/mol. The van der Waals surface area contributed by atoms with E-state index >= 15 is 0 Å². The Morgan fingerprint density at radius 1 is 1.18 bits per heavy atom. The standard InChI is InChI=1S/C16H25N/c1-12(2)10-17-9-8-16-14(11-17)6-5-7-15(16)13(3)4/h5-7,12-13H,8-11H2,1-4H3. The molecule has 1 aromatic carbocycles. The van der Waals surface area contributed by atoms with Crippen LogP contribution < -0.4 is 0 Å². The number of hydrogen-bond donors (Lipinski definition) is 0. The first-order valence-corrected chi connectivity index (χ1v) is 6.91. The van der Waals surface area contributed by atoms with Crippen LogP contribution in [-0.4, -0.2) is 18.0 Å². The SMILES string of the molecule is CC(C)CN1CCc2c(cccc2C(C)C)C1. The van der Waals surface area contributed by atoms with E-state index in [0.717, 1.165) is 12.5 Å². The summed E-state index contributed by atoms with van der Waals surface area (Å²) in [4.78, 5) is 2.59. The number of hydrogen-bond acceptors (Lipinski definition) is 1. The van der Waals surface area contributed by atoms with Crippen molar-refractivity contribution in [2.75, 3.05) is 13.1 Å². The fourth-order valence-electron chi connectivity index (χ4n) is 2.91. The molecule has 0 N–H and O–H groups in total. The minimum absolute atomic E-state index is 0.654. The zero-order valence-electron chi connectivity index (χ0n) is 11.7. The van der Waals surface area contributed by atoms with Gasteiger partial charge in [-0.25, -0.2) is 0 Å².